The zero-order valence-electron chi connectivity index (χ0n) is 12.6. The standard InChI is InChI=1S/C18H17FN2O/c1-13(2)21(12-15-9-7-14(11-20)8-10-15)18(22)16-5-3-4-6-17(16)19/h3-10,13H,12H2,1-2H3. The molecule has 2 aromatic rings. The molecular formula is C18H17FN2O. The van der Waals surface area contributed by atoms with E-state index >= 15 is 0 Å². The smallest absolute Gasteiger partial charge is 0.257 e. The molecule has 4 heteroatoms. The van der Waals surface area contributed by atoms with Gasteiger partial charge < -0.3 is 4.90 Å². The van der Waals surface area contributed by atoms with E-state index in [-0.39, 0.29) is 17.5 Å². The van der Waals surface area contributed by atoms with Crippen LogP contribution in [-0.2, 0) is 6.54 Å². The van der Waals surface area contributed by atoms with Crippen LogP contribution < -0.4 is 0 Å². The first kappa shape index (κ1) is 15.7. The molecule has 1 amide bonds. The summed E-state index contributed by atoms with van der Waals surface area (Å²) in [7, 11) is 0. The first-order valence-corrected chi connectivity index (χ1v) is 7.07. The lowest BCUT2D eigenvalue weighted by Crippen LogP contribution is -2.36. The van der Waals surface area contributed by atoms with Gasteiger partial charge in [-0.2, -0.15) is 5.26 Å². The van der Waals surface area contributed by atoms with Gasteiger partial charge in [0.05, 0.1) is 17.2 Å². The van der Waals surface area contributed by atoms with E-state index in [2.05, 4.69) is 6.07 Å². The summed E-state index contributed by atoms with van der Waals surface area (Å²) >= 11 is 0. The molecule has 0 bridgehead atoms. The van der Waals surface area contributed by atoms with Crippen molar-refractivity contribution in [1.82, 2.24) is 4.90 Å². The maximum absolute atomic E-state index is 13.8. The molecular weight excluding hydrogens is 279 g/mol. The topological polar surface area (TPSA) is 44.1 Å². The molecule has 0 fully saturated rings. The Balaban J connectivity index is 2.25. The Morgan fingerprint density at radius 2 is 1.82 bits per heavy atom. The predicted octanol–water partition coefficient (Wildman–Crippen LogP) is 3.75. The van der Waals surface area contributed by atoms with Crippen molar-refractivity contribution >= 4 is 5.91 Å². The van der Waals surface area contributed by atoms with Crippen molar-refractivity contribution < 1.29 is 9.18 Å². The Hall–Kier alpha value is -2.67. The second-order valence-corrected chi connectivity index (χ2v) is 5.32. The molecule has 0 aliphatic heterocycles. The second-order valence-electron chi connectivity index (χ2n) is 5.32. The SMILES string of the molecule is CC(C)N(Cc1ccc(C#N)cc1)C(=O)c1ccccc1F. The Morgan fingerprint density at radius 3 is 2.36 bits per heavy atom. The number of carbonyl (C=O) groups is 1. The van der Waals surface area contributed by atoms with E-state index in [1.807, 2.05) is 26.0 Å². The van der Waals surface area contributed by atoms with Gasteiger partial charge in [0.2, 0.25) is 0 Å². The number of hydrogen-bond acceptors (Lipinski definition) is 2. The van der Waals surface area contributed by atoms with Crippen LogP contribution in [-0.4, -0.2) is 16.8 Å². The zero-order valence-corrected chi connectivity index (χ0v) is 12.6. The van der Waals surface area contributed by atoms with Crippen LogP contribution in [0, 0.1) is 17.1 Å². The van der Waals surface area contributed by atoms with Crippen LogP contribution in [0.15, 0.2) is 48.5 Å². The van der Waals surface area contributed by atoms with Gasteiger partial charge in [-0.3, -0.25) is 4.79 Å². The molecule has 0 spiro atoms. The number of carbonyl (C=O) groups excluding carboxylic acids is 1. The van der Waals surface area contributed by atoms with Crippen molar-refractivity contribution in [3.63, 3.8) is 0 Å². The molecule has 0 atom stereocenters. The molecule has 2 rings (SSSR count). The molecule has 22 heavy (non-hydrogen) atoms. The van der Waals surface area contributed by atoms with Crippen molar-refractivity contribution in [2.45, 2.75) is 26.4 Å². The van der Waals surface area contributed by atoms with E-state index in [4.69, 9.17) is 5.26 Å². The highest BCUT2D eigenvalue weighted by molar-refractivity contribution is 5.94. The van der Waals surface area contributed by atoms with Crippen molar-refractivity contribution in [2.75, 3.05) is 0 Å². The summed E-state index contributed by atoms with van der Waals surface area (Å²) in [6, 6.07) is 15.0. The first-order chi connectivity index (χ1) is 10.5. The Bertz CT molecular complexity index is 702. The van der Waals surface area contributed by atoms with Crippen LogP contribution >= 0.6 is 0 Å². The van der Waals surface area contributed by atoms with E-state index in [0.29, 0.717) is 12.1 Å². The van der Waals surface area contributed by atoms with Crippen molar-refractivity contribution in [1.29, 1.82) is 5.26 Å². The van der Waals surface area contributed by atoms with Gasteiger partial charge in [0.1, 0.15) is 5.82 Å². The summed E-state index contributed by atoms with van der Waals surface area (Å²) in [5, 5.41) is 8.81. The summed E-state index contributed by atoms with van der Waals surface area (Å²) in [5.41, 5.74) is 1.54. The van der Waals surface area contributed by atoms with Crippen LogP contribution in [0.4, 0.5) is 4.39 Å². The number of nitriles is 1. The third-order valence-electron chi connectivity index (χ3n) is 3.42. The van der Waals surface area contributed by atoms with Gasteiger partial charge in [-0.25, -0.2) is 4.39 Å². The highest BCUT2D eigenvalue weighted by atomic mass is 19.1. The zero-order chi connectivity index (χ0) is 16.1. The van der Waals surface area contributed by atoms with E-state index < -0.39 is 5.82 Å². The predicted molar refractivity (Wildman–Crippen MR) is 82.6 cm³/mol. The number of nitrogens with zero attached hydrogens (tertiary/aromatic N) is 2. The van der Waals surface area contributed by atoms with E-state index in [9.17, 15) is 9.18 Å². The molecule has 0 aromatic heterocycles. The Kier molecular flexibility index (Phi) is 4.90. The van der Waals surface area contributed by atoms with E-state index in [1.165, 1.54) is 12.1 Å². The van der Waals surface area contributed by atoms with Crippen LogP contribution in [0.5, 0.6) is 0 Å². The fraction of sp³-hybridized carbons (Fsp3) is 0.222. The summed E-state index contributed by atoms with van der Waals surface area (Å²) in [4.78, 5) is 14.2. The third kappa shape index (κ3) is 3.50. The minimum atomic E-state index is -0.516. The number of rotatable bonds is 4. The minimum Gasteiger partial charge on any atom is -0.332 e. The van der Waals surface area contributed by atoms with Gasteiger partial charge in [0, 0.05) is 12.6 Å². The van der Waals surface area contributed by atoms with Gasteiger partial charge in [0.15, 0.2) is 0 Å². The summed E-state index contributed by atoms with van der Waals surface area (Å²) in [6.45, 7) is 4.15. The van der Waals surface area contributed by atoms with Crippen molar-refractivity contribution in [3.8, 4) is 6.07 Å². The summed E-state index contributed by atoms with van der Waals surface area (Å²) in [6.07, 6.45) is 0. The lowest BCUT2D eigenvalue weighted by molar-refractivity contribution is 0.0685. The van der Waals surface area contributed by atoms with Crippen LogP contribution in [0.3, 0.4) is 0 Å². The molecule has 0 aliphatic carbocycles. The van der Waals surface area contributed by atoms with Crippen molar-refractivity contribution in [2.24, 2.45) is 0 Å². The largest absolute Gasteiger partial charge is 0.332 e. The molecule has 0 heterocycles. The molecule has 0 saturated heterocycles. The van der Waals surface area contributed by atoms with Gasteiger partial charge in [0.25, 0.3) is 5.91 Å². The average molecular weight is 296 g/mol. The van der Waals surface area contributed by atoms with Gasteiger partial charge in [-0.15, -0.1) is 0 Å². The maximum atomic E-state index is 13.8. The quantitative estimate of drug-likeness (QED) is 0.862. The normalized spacial score (nSPS) is 10.3. The first-order valence-electron chi connectivity index (χ1n) is 7.07. The van der Waals surface area contributed by atoms with Crippen LogP contribution in [0.25, 0.3) is 0 Å². The van der Waals surface area contributed by atoms with E-state index in [0.717, 1.165) is 5.56 Å². The molecule has 0 radical (unpaired) electrons. The van der Waals surface area contributed by atoms with Gasteiger partial charge >= 0.3 is 0 Å². The molecule has 0 aliphatic rings. The second kappa shape index (κ2) is 6.86. The van der Waals surface area contributed by atoms with Gasteiger partial charge in [-0.05, 0) is 43.7 Å². The number of benzene rings is 2. The fourth-order valence-corrected chi connectivity index (χ4v) is 2.16. The molecule has 0 N–H and O–H groups in total. The number of amides is 1. The highest BCUT2D eigenvalue weighted by Crippen LogP contribution is 2.16. The monoisotopic (exact) mass is 296 g/mol. The minimum absolute atomic E-state index is 0.0669. The highest BCUT2D eigenvalue weighted by Gasteiger charge is 2.21. The molecule has 112 valence electrons. The third-order valence-corrected chi connectivity index (χ3v) is 3.42. The van der Waals surface area contributed by atoms with E-state index in [1.54, 1.807) is 29.2 Å². The number of halogens is 1. The Morgan fingerprint density at radius 1 is 1.18 bits per heavy atom. The lowest BCUT2D eigenvalue weighted by Gasteiger charge is -2.27. The molecule has 0 saturated carbocycles. The molecule has 3 nitrogen and oxygen atoms in total. The average Bonchev–Trinajstić information content (AvgIpc) is 2.52. The number of hydrogen-bond donors (Lipinski definition) is 0. The molecule has 2 aromatic carbocycles. The molecule has 0 unspecified atom stereocenters. The van der Waals surface area contributed by atoms with Crippen molar-refractivity contribution in [3.05, 3.63) is 71.0 Å². The summed E-state index contributed by atoms with van der Waals surface area (Å²) < 4.78 is 13.8. The van der Waals surface area contributed by atoms with Crippen LogP contribution in [0.2, 0.25) is 0 Å². The lowest BCUT2D eigenvalue weighted by atomic mass is 10.1. The van der Waals surface area contributed by atoms with Gasteiger partial charge in [-0.1, -0.05) is 24.3 Å². The van der Waals surface area contributed by atoms with Crippen LogP contribution in [0.1, 0.15) is 35.3 Å². The summed E-state index contributed by atoms with van der Waals surface area (Å²) in [5.74, 6) is -0.851. The maximum Gasteiger partial charge on any atom is 0.257 e. The fourth-order valence-electron chi connectivity index (χ4n) is 2.16. The Labute approximate surface area is 129 Å².